The van der Waals surface area contributed by atoms with Crippen LogP contribution in [-0.2, 0) is 6.54 Å². The van der Waals surface area contributed by atoms with E-state index in [2.05, 4.69) is 31.2 Å². The van der Waals surface area contributed by atoms with E-state index in [1.165, 1.54) is 24.1 Å². The van der Waals surface area contributed by atoms with Crippen LogP contribution in [0.25, 0.3) is 0 Å². The molecule has 1 aromatic rings. The molecule has 0 spiro atoms. The van der Waals surface area contributed by atoms with Gasteiger partial charge in [0.05, 0.1) is 25.0 Å². The molecule has 3 heterocycles. The number of rotatable bonds is 4. The predicted octanol–water partition coefficient (Wildman–Crippen LogP) is 0.647. The van der Waals surface area contributed by atoms with Crippen LogP contribution >= 0.6 is 15.9 Å². The lowest BCUT2D eigenvalue weighted by atomic mass is 10.1. The number of aliphatic hydroxyl groups is 1. The highest BCUT2D eigenvalue weighted by molar-refractivity contribution is 9.10. The fraction of sp³-hybridized carbons (Fsp3) is 0.692. The summed E-state index contributed by atoms with van der Waals surface area (Å²) >= 11 is 3.35. The zero-order valence-corrected chi connectivity index (χ0v) is 12.8. The molecule has 2 aliphatic rings. The quantitative estimate of drug-likeness (QED) is 0.840. The highest BCUT2D eigenvalue weighted by Gasteiger charge is 2.37. The Morgan fingerprint density at radius 2 is 2.30 bits per heavy atom. The van der Waals surface area contributed by atoms with E-state index in [0.29, 0.717) is 16.6 Å². The lowest BCUT2D eigenvalue weighted by Gasteiger charge is -2.22. The van der Waals surface area contributed by atoms with Crippen molar-refractivity contribution in [3.05, 3.63) is 21.0 Å². The molecule has 0 amide bonds. The molecule has 2 N–H and O–H groups in total. The molecule has 0 aliphatic carbocycles. The lowest BCUT2D eigenvalue weighted by molar-refractivity contribution is 0.266. The minimum Gasteiger partial charge on any atom is -0.394 e. The molecule has 3 rings (SSSR count). The Balaban J connectivity index is 1.78. The molecule has 0 aromatic carbocycles. The van der Waals surface area contributed by atoms with Crippen molar-refractivity contribution < 1.29 is 5.11 Å². The maximum atomic E-state index is 12.1. The van der Waals surface area contributed by atoms with E-state index in [4.69, 9.17) is 5.11 Å². The van der Waals surface area contributed by atoms with Gasteiger partial charge in [0, 0.05) is 18.6 Å². The van der Waals surface area contributed by atoms with Crippen LogP contribution in [0, 0.1) is 0 Å². The van der Waals surface area contributed by atoms with Gasteiger partial charge in [-0.25, -0.2) is 4.68 Å². The van der Waals surface area contributed by atoms with Crippen LogP contribution in [0.4, 0.5) is 5.69 Å². The maximum Gasteiger partial charge on any atom is 0.283 e. The number of anilines is 1. The third kappa shape index (κ3) is 2.49. The molecule has 2 atom stereocenters. The highest BCUT2D eigenvalue weighted by Crippen LogP contribution is 2.31. The SMILES string of the molecule is O=c1c(Br)c(NC2CCN3CCCC23)cnn1CCO. The fourth-order valence-corrected chi connectivity index (χ4v) is 3.69. The molecule has 0 saturated carbocycles. The van der Waals surface area contributed by atoms with Crippen LogP contribution in [-0.4, -0.2) is 51.6 Å². The van der Waals surface area contributed by atoms with Gasteiger partial charge in [-0.15, -0.1) is 0 Å². The molecule has 2 fully saturated rings. The second-order valence-corrected chi connectivity index (χ2v) is 6.20. The minimum absolute atomic E-state index is 0.0915. The van der Waals surface area contributed by atoms with Gasteiger partial charge in [-0.05, 0) is 41.7 Å². The van der Waals surface area contributed by atoms with Crippen molar-refractivity contribution in [1.29, 1.82) is 0 Å². The molecule has 7 heteroatoms. The van der Waals surface area contributed by atoms with Gasteiger partial charge in [0.25, 0.3) is 5.56 Å². The van der Waals surface area contributed by atoms with E-state index in [0.717, 1.165) is 18.7 Å². The average Bonchev–Trinajstić information content (AvgIpc) is 3.03. The molecule has 20 heavy (non-hydrogen) atoms. The number of aromatic nitrogens is 2. The van der Waals surface area contributed by atoms with Gasteiger partial charge >= 0.3 is 0 Å². The Labute approximate surface area is 125 Å². The monoisotopic (exact) mass is 342 g/mol. The maximum absolute atomic E-state index is 12.1. The van der Waals surface area contributed by atoms with E-state index in [9.17, 15) is 4.79 Å². The van der Waals surface area contributed by atoms with Gasteiger partial charge in [-0.1, -0.05) is 0 Å². The second-order valence-electron chi connectivity index (χ2n) is 5.41. The van der Waals surface area contributed by atoms with Gasteiger partial charge in [0.15, 0.2) is 0 Å². The number of nitrogens with one attached hydrogen (secondary N) is 1. The Morgan fingerprint density at radius 3 is 3.10 bits per heavy atom. The zero-order chi connectivity index (χ0) is 14.1. The molecule has 0 radical (unpaired) electrons. The highest BCUT2D eigenvalue weighted by atomic mass is 79.9. The molecule has 2 saturated heterocycles. The van der Waals surface area contributed by atoms with Gasteiger partial charge in [-0.2, -0.15) is 5.10 Å². The molecule has 2 aliphatic heterocycles. The number of halogens is 1. The number of nitrogens with zero attached hydrogens (tertiary/aromatic N) is 3. The van der Waals surface area contributed by atoms with E-state index < -0.39 is 0 Å². The van der Waals surface area contributed by atoms with Crippen molar-refractivity contribution in [1.82, 2.24) is 14.7 Å². The third-order valence-corrected chi connectivity index (χ3v) is 5.01. The van der Waals surface area contributed by atoms with E-state index >= 15 is 0 Å². The molecule has 0 bridgehead atoms. The Hall–Kier alpha value is -0.920. The average molecular weight is 343 g/mol. The first-order chi connectivity index (χ1) is 9.70. The zero-order valence-electron chi connectivity index (χ0n) is 11.3. The first-order valence-corrected chi connectivity index (χ1v) is 7.87. The van der Waals surface area contributed by atoms with E-state index in [1.807, 2.05) is 0 Å². The first kappa shape index (κ1) is 14.0. The molecular weight excluding hydrogens is 324 g/mol. The smallest absolute Gasteiger partial charge is 0.283 e. The Morgan fingerprint density at radius 1 is 1.45 bits per heavy atom. The van der Waals surface area contributed by atoms with Crippen molar-refractivity contribution in [3.8, 4) is 0 Å². The summed E-state index contributed by atoms with van der Waals surface area (Å²) in [5.74, 6) is 0. The normalized spacial score (nSPS) is 25.9. The van der Waals surface area contributed by atoms with Crippen molar-refractivity contribution >= 4 is 21.6 Å². The molecular formula is C13H19BrN4O2. The Kier molecular flexibility index (Phi) is 4.09. The summed E-state index contributed by atoms with van der Waals surface area (Å²) in [5, 5.41) is 16.5. The largest absolute Gasteiger partial charge is 0.394 e. The number of hydrogen-bond acceptors (Lipinski definition) is 5. The predicted molar refractivity (Wildman–Crippen MR) is 79.9 cm³/mol. The van der Waals surface area contributed by atoms with Gasteiger partial charge in [0.1, 0.15) is 4.47 Å². The molecule has 110 valence electrons. The van der Waals surface area contributed by atoms with Crippen molar-refractivity contribution in [2.75, 3.05) is 25.0 Å². The van der Waals surface area contributed by atoms with Crippen LogP contribution in [0.15, 0.2) is 15.5 Å². The van der Waals surface area contributed by atoms with Crippen LogP contribution < -0.4 is 10.9 Å². The van der Waals surface area contributed by atoms with Crippen LogP contribution in [0.3, 0.4) is 0 Å². The molecule has 2 unspecified atom stereocenters. The van der Waals surface area contributed by atoms with Crippen LogP contribution in [0.5, 0.6) is 0 Å². The van der Waals surface area contributed by atoms with Crippen molar-refractivity contribution in [3.63, 3.8) is 0 Å². The summed E-state index contributed by atoms with van der Waals surface area (Å²) in [6.07, 6.45) is 5.26. The number of fused-ring (bicyclic) bond motifs is 1. The number of aliphatic hydroxyl groups excluding tert-OH is 1. The molecule has 1 aromatic heterocycles. The summed E-state index contributed by atoms with van der Waals surface area (Å²) in [5.41, 5.74) is 0.549. The third-order valence-electron chi connectivity index (χ3n) is 4.24. The van der Waals surface area contributed by atoms with Gasteiger partial charge in [-0.3, -0.25) is 9.69 Å². The number of hydrogen-bond donors (Lipinski definition) is 2. The lowest BCUT2D eigenvalue weighted by Crippen LogP contribution is -2.35. The standard InChI is InChI=1S/C13H19BrN4O2/c14-12-10(8-15-18(6-7-19)13(12)20)16-9-3-5-17-4-1-2-11(9)17/h8-9,11,16,19H,1-7H2. The topological polar surface area (TPSA) is 70.4 Å². The summed E-state index contributed by atoms with van der Waals surface area (Å²) in [6.45, 7) is 2.46. The summed E-state index contributed by atoms with van der Waals surface area (Å²) in [4.78, 5) is 14.6. The van der Waals surface area contributed by atoms with E-state index in [-0.39, 0.29) is 18.7 Å². The molecule has 6 nitrogen and oxygen atoms in total. The minimum atomic E-state index is -0.203. The Bertz CT molecular complexity index is 548. The van der Waals surface area contributed by atoms with Crippen molar-refractivity contribution in [2.45, 2.75) is 37.9 Å². The summed E-state index contributed by atoms with van der Waals surface area (Å²) in [6, 6.07) is 0.977. The second kappa shape index (κ2) is 5.83. The fourth-order valence-electron chi connectivity index (χ4n) is 3.27. The van der Waals surface area contributed by atoms with Crippen LogP contribution in [0.1, 0.15) is 19.3 Å². The van der Waals surface area contributed by atoms with E-state index in [1.54, 1.807) is 6.20 Å². The summed E-state index contributed by atoms with van der Waals surface area (Å²) < 4.78 is 1.77. The van der Waals surface area contributed by atoms with Gasteiger partial charge < -0.3 is 10.4 Å². The summed E-state index contributed by atoms with van der Waals surface area (Å²) in [7, 11) is 0. The van der Waals surface area contributed by atoms with Crippen molar-refractivity contribution in [2.24, 2.45) is 0 Å². The first-order valence-electron chi connectivity index (χ1n) is 7.08. The van der Waals surface area contributed by atoms with Gasteiger partial charge in [0.2, 0.25) is 0 Å². The van der Waals surface area contributed by atoms with Crippen LogP contribution in [0.2, 0.25) is 0 Å².